The number of aliphatic hydroxyl groups is 3. The van der Waals surface area contributed by atoms with Crippen LogP contribution < -0.4 is 0 Å². The van der Waals surface area contributed by atoms with Crippen molar-refractivity contribution in [1.29, 1.82) is 0 Å². The Bertz CT molecular complexity index is 112. The zero-order chi connectivity index (χ0) is 10.7. The van der Waals surface area contributed by atoms with Crippen molar-refractivity contribution in [2.75, 3.05) is 19.8 Å². The lowest BCUT2D eigenvalue weighted by Gasteiger charge is -2.07. The molecule has 0 aromatic carbocycles. The maximum absolute atomic E-state index is 8.51. The van der Waals surface area contributed by atoms with E-state index in [0.29, 0.717) is 12.8 Å². The van der Waals surface area contributed by atoms with Gasteiger partial charge in [0.2, 0.25) is 0 Å². The van der Waals surface area contributed by atoms with E-state index in [-0.39, 0.29) is 25.7 Å². The lowest BCUT2D eigenvalue weighted by molar-refractivity contribution is -0.742. The topological polar surface area (TPSA) is 124 Å². The van der Waals surface area contributed by atoms with E-state index in [0.717, 1.165) is 0 Å². The minimum Gasteiger partial charge on any atom is -0.396 e. The molecule has 4 N–H and O–H groups in total. The van der Waals surface area contributed by atoms with E-state index in [9.17, 15) is 0 Å². The van der Waals surface area contributed by atoms with Gasteiger partial charge < -0.3 is 20.5 Å². The van der Waals surface area contributed by atoms with E-state index in [1.165, 1.54) is 0 Å². The largest absolute Gasteiger partial charge is 0.396 e. The molecule has 0 aliphatic carbocycles. The van der Waals surface area contributed by atoms with E-state index in [4.69, 9.17) is 30.6 Å². The molecule has 7 nitrogen and oxygen atoms in total. The van der Waals surface area contributed by atoms with Crippen LogP contribution in [-0.4, -0.2) is 45.4 Å². The predicted octanol–water partition coefficient (Wildman–Crippen LogP) is -0.988. The van der Waals surface area contributed by atoms with Gasteiger partial charge in [-0.3, -0.25) is 0 Å². The van der Waals surface area contributed by atoms with Crippen LogP contribution in [0.4, 0.5) is 0 Å². The lowest BCUT2D eigenvalue weighted by Crippen LogP contribution is -2.11. The molecule has 0 radical (unpaired) electrons. The fourth-order valence-electron chi connectivity index (χ4n) is 0.620. The molecule has 0 rings (SSSR count). The molecule has 0 fully saturated rings. The molecule has 0 bridgehead atoms. The minimum atomic E-state index is -1.50. The molecule has 0 spiro atoms. The third-order valence-electron chi connectivity index (χ3n) is 1.29. The average molecular weight is 197 g/mol. The number of nitrogens with zero attached hydrogens (tertiary/aromatic N) is 1. The molecule has 13 heavy (non-hydrogen) atoms. The summed E-state index contributed by atoms with van der Waals surface area (Å²) in [6.07, 6.45) is 1.36. The third-order valence-corrected chi connectivity index (χ3v) is 1.29. The molecule has 0 heterocycles. The van der Waals surface area contributed by atoms with Gasteiger partial charge in [-0.1, -0.05) is 0 Å². The second-order valence-corrected chi connectivity index (χ2v) is 2.33. The summed E-state index contributed by atoms with van der Waals surface area (Å²) in [7, 11) is 0. The van der Waals surface area contributed by atoms with Gasteiger partial charge in [-0.25, -0.2) is 0 Å². The minimum absolute atomic E-state index is 0.0104. The van der Waals surface area contributed by atoms with Gasteiger partial charge in [0.05, 0.1) is 0 Å². The molecule has 7 heteroatoms. The summed E-state index contributed by atoms with van der Waals surface area (Å²) in [4.78, 5) is 8.36. The number of hydrogen-bond donors (Lipinski definition) is 4. The van der Waals surface area contributed by atoms with Gasteiger partial charge in [0.25, 0.3) is 5.09 Å². The number of hydrogen-bond acceptors (Lipinski definition) is 5. The van der Waals surface area contributed by atoms with Gasteiger partial charge in [0.1, 0.15) is 0 Å². The van der Waals surface area contributed by atoms with Crippen LogP contribution in [0.5, 0.6) is 0 Å². The Balaban J connectivity index is 0. The standard InChI is InChI=1S/C6H14O3.HNO3/c7-3-1-2-6(4-8)5-9;2-1(3)4/h6-9H,1-5H2;(H,2,3,4). The maximum Gasteiger partial charge on any atom is 0.291 e. The van der Waals surface area contributed by atoms with Crippen LogP contribution in [0.3, 0.4) is 0 Å². The fraction of sp³-hybridized carbons (Fsp3) is 1.00. The van der Waals surface area contributed by atoms with Crippen LogP contribution in [0.25, 0.3) is 0 Å². The Morgan fingerprint density at radius 3 is 1.85 bits per heavy atom. The predicted molar refractivity (Wildman–Crippen MR) is 42.8 cm³/mol. The zero-order valence-electron chi connectivity index (χ0n) is 7.17. The van der Waals surface area contributed by atoms with E-state index in [1.807, 2.05) is 0 Å². The van der Waals surface area contributed by atoms with Crippen molar-refractivity contribution in [3.63, 3.8) is 0 Å². The lowest BCUT2D eigenvalue weighted by atomic mass is 10.1. The van der Waals surface area contributed by atoms with Crippen LogP contribution in [0.1, 0.15) is 12.8 Å². The second kappa shape index (κ2) is 11.1. The molecule has 0 atom stereocenters. The van der Waals surface area contributed by atoms with E-state index in [2.05, 4.69) is 0 Å². The van der Waals surface area contributed by atoms with Crippen molar-refractivity contribution in [2.24, 2.45) is 5.92 Å². The van der Waals surface area contributed by atoms with Crippen LogP contribution >= 0.6 is 0 Å². The molecule has 0 aromatic rings. The van der Waals surface area contributed by atoms with Gasteiger partial charge in [-0.15, -0.1) is 10.1 Å². The highest BCUT2D eigenvalue weighted by Gasteiger charge is 2.03. The maximum atomic E-state index is 8.51. The second-order valence-electron chi connectivity index (χ2n) is 2.33. The smallest absolute Gasteiger partial charge is 0.291 e. The number of rotatable bonds is 5. The SMILES string of the molecule is O=[N+]([O-])O.OCCCC(CO)CO. The molecule has 0 amide bonds. The highest BCUT2D eigenvalue weighted by molar-refractivity contribution is 4.53. The summed E-state index contributed by atoms with van der Waals surface area (Å²) < 4.78 is 0. The van der Waals surface area contributed by atoms with E-state index < -0.39 is 5.09 Å². The Hall–Kier alpha value is -0.920. The Labute approximate surface area is 75.4 Å². The Morgan fingerprint density at radius 2 is 1.62 bits per heavy atom. The molecule has 0 unspecified atom stereocenters. The van der Waals surface area contributed by atoms with Crippen molar-refractivity contribution >= 4 is 0 Å². The average Bonchev–Trinajstić information content (AvgIpc) is 2.06. The summed E-state index contributed by atoms with van der Waals surface area (Å²) in [6.45, 7) is 0.156. The highest BCUT2D eigenvalue weighted by atomic mass is 16.9. The summed E-state index contributed by atoms with van der Waals surface area (Å²) in [5.74, 6) is -0.0443. The van der Waals surface area contributed by atoms with Crippen LogP contribution in [0, 0.1) is 16.0 Å². The molecule has 0 aromatic heterocycles. The molecular formula is C6H15NO6. The summed E-state index contributed by atoms with van der Waals surface area (Å²) in [5, 5.41) is 39.0. The fourth-order valence-corrected chi connectivity index (χ4v) is 0.620. The van der Waals surface area contributed by atoms with Gasteiger partial charge >= 0.3 is 0 Å². The van der Waals surface area contributed by atoms with E-state index >= 15 is 0 Å². The van der Waals surface area contributed by atoms with Gasteiger partial charge in [0.15, 0.2) is 0 Å². The molecule has 0 saturated heterocycles. The monoisotopic (exact) mass is 197 g/mol. The first kappa shape index (κ1) is 14.6. The van der Waals surface area contributed by atoms with Crippen molar-refractivity contribution in [1.82, 2.24) is 0 Å². The first-order valence-corrected chi connectivity index (χ1v) is 3.74. The quantitative estimate of drug-likeness (QED) is 0.331. The van der Waals surface area contributed by atoms with Crippen molar-refractivity contribution < 1.29 is 25.6 Å². The summed E-state index contributed by atoms with van der Waals surface area (Å²) >= 11 is 0. The first-order valence-electron chi connectivity index (χ1n) is 3.74. The van der Waals surface area contributed by atoms with Gasteiger partial charge in [-0.05, 0) is 12.8 Å². The van der Waals surface area contributed by atoms with Crippen LogP contribution in [0.2, 0.25) is 0 Å². The van der Waals surface area contributed by atoms with Gasteiger partial charge in [-0.2, -0.15) is 0 Å². The highest BCUT2D eigenvalue weighted by Crippen LogP contribution is 2.02. The molecule has 0 aliphatic rings. The van der Waals surface area contributed by atoms with Crippen LogP contribution in [-0.2, 0) is 0 Å². The van der Waals surface area contributed by atoms with Crippen molar-refractivity contribution in [2.45, 2.75) is 12.8 Å². The Morgan fingerprint density at radius 1 is 1.23 bits per heavy atom. The Kier molecular flexibility index (Phi) is 12.4. The van der Waals surface area contributed by atoms with Crippen molar-refractivity contribution in [3.05, 3.63) is 10.1 Å². The zero-order valence-corrected chi connectivity index (χ0v) is 7.17. The molecule has 80 valence electrons. The van der Waals surface area contributed by atoms with Crippen molar-refractivity contribution in [3.8, 4) is 0 Å². The molecular weight excluding hydrogens is 182 g/mol. The summed E-state index contributed by atoms with van der Waals surface area (Å²) in [6, 6.07) is 0. The number of aliphatic hydroxyl groups excluding tert-OH is 3. The van der Waals surface area contributed by atoms with E-state index in [1.54, 1.807) is 0 Å². The molecule has 0 aliphatic heterocycles. The molecule has 0 saturated carbocycles. The summed E-state index contributed by atoms with van der Waals surface area (Å²) in [5.41, 5.74) is 0. The third kappa shape index (κ3) is 18.2. The van der Waals surface area contributed by atoms with Gasteiger partial charge in [0, 0.05) is 25.7 Å². The first-order chi connectivity index (χ1) is 6.08. The van der Waals surface area contributed by atoms with Crippen LogP contribution in [0.15, 0.2) is 0 Å². The normalized spacial score (nSPS) is 9.23.